The van der Waals surface area contributed by atoms with E-state index in [1.807, 2.05) is 7.05 Å². The van der Waals surface area contributed by atoms with Crippen molar-refractivity contribution in [2.24, 2.45) is 5.92 Å². The van der Waals surface area contributed by atoms with Gasteiger partial charge in [0, 0.05) is 12.6 Å². The third-order valence-corrected chi connectivity index (χ3v) is 2.39. The first-order valence-corrected chi connectivity index (χ1v) is 5.40. The van der Waals surface area contributed by atoms with Crippen LogP contribution in [0.5, 0.6) is 0 Å². The van der Waals surface area contributed by atoms with E-state index in [0.717, 1.165) is 13.0 Å². The fraction of sp³-hybridized carbons (Fsp3) is 0.800. The van der Waals surface area contributed by atoms with Crippen molar-refractivity contribution in [2.45, 2.75) is 26.3 Å². The molecule has 0 aromatic heterocycles. The average molecular weight is 231 g/mol. The summed E-state index contributed by atoms with van der Waals surface area (Å²) in [6, 6.07) is -0.710. The molecule has 0 heterocycles. The van der Waals surface area contributed by atoms with Gasteiger partial charge in [0.15, 0.2) is 0 Å². The lowest BCUT2D eigenvalue weighted by atomic mass is 10.0. The van der Waals surface area contributed by atoms with Crippen molar-refractivity contribution in [1.29, 1.82) is 0 Å². The summed E-state index contributed by atoms with van der Waals surface area (Å²) in [5.41, 5.74) is 0. The molecule has 0 fully saturated rings. The number of aliphatic carboxylic acids is 1. The van der Waals surface area contributed by atoms with Crippen LogP contribution < -0.4 is 16.0 Å². The fourth-order valence-corrected chi connectivity index (χ4v) is 1.06. The molecule has 0 bridgehead atoms. The van der Waals surface area contributed by atoms with Gasteiger partial charge in [-0.2, -0.15) is 0 Å². The summed E-state index contributed by atoms with van der Waals surface area (Å²) in [5.74, 6) is -1.51. The van der Waals surface area contributed by atoms with Crippen molar-refractivity contribution in [3.63, 3.8) is 0 Å². The van der Waals surface area contributed by atoms with Gasteiger partial charge in [0.25, 0.3) is 0 Å². The molecule has 0 aliphatic heterocycles. The molecular formula is C10H21N3O3. The Morgan fingerprint density at radius 2 is 1.88 bits per heavy atom. The number of amides is 2. The molecule has 0 aromatic rings. The van der Waals surface area contributed by atoms with E-state index in [9.17, 15) is 9.59 Å². The van der Waals surface area contributed by atoms with E-state index in [4.69, 9.17) is 5.11 Å². The Labute approximate surface area is 95.8 Å². The van der Waals surface area contributed by atoms with Crippen molar-refractivity contribution in [3.8, 4) is 0 Å². The number of carbonyl (C=O) groups excluding carboxylic acids is 1. The smallest absolute Gasteiger partial charge is 0.315 e. The summed E-state index contributed by atoms with van der Waals surface area (Å²) in [7, 11) is 1.84. The zero-order valence-electron chi connectivity index (χ0n) is 10.0. The number of urea groups is 1. The first-order chi connectivity index (χ1) is 7.49. The molecule has 2 atom stereocenters. The lowest BCUT2D eigenvalue weighted by Crippen LogP contribution is -2.45. The van der Waals surface area contributed by atoms with Crippen LogP contribution in [0.4, 0.5) is 4.79 Å². The highest BCUT2D eigenvalue weighted by Gasteiger charge is 2.20. The van der Waals surface area contributed by atoms with E-state index in [1.54, 1.807) is 13.8 Å². The molecule has 0 spiro atoms. The molecule has 6 nitrogen and oxygen atoms in total. The van der Waals surface area contributed by atoms with Crippen LogP contribution in [0.2, 0.25) is 0 Å². The molecule has 2 amide bonds. The molecule has 0 aliphatic carbocycles. The maximum absolute atomic E-state index is 11.3. The topological polar surface area (TPSA) is 90.5 Å². The minimum absolute atomic E-state index is 0.322. The molecule has 0 radical (unpaired) electrons. The highest BCUT2D eigenvalue weighted by molar-refractivity contribution is 5.76. The first-order valence-electron chi connectivity index (χ1n) is 5.40. The molecule has 0 rings (SSSR count). The lowest BCUT2D eigenvalue weighted by Gasteiger charge is -2.18. The van der Waals surface area contributed by atoms with Crippen molar-refractivity contribution < 1.29 is 14.7 Å². The second kappa shape index (κ2) is 7.92. The van der Waals surface area contributed by atoms with Crippen molar-refractivity contribution >= 4 is 12.0 Å². The zero-order chi connectivity index (χ0) is 12.6. The van der Waals surface area contributed by atoms with E-state index < -0.39 is 11.9 Å². The van der Waals surface area contributed by atoms with Gasteiger partial charge in [-0.3, -0.25) is 4.79 Å². The number of hydrogen-bond donors (Lipinski definition) is 4. The SMILES string of the molecule is CNCCCNC(=O)NC(C)C(C)C(=O)O. The highest BCUT2D eigenvalue weighted by Crippen LogP contribution is 2.01. The fourth-order valence-electron chi connectivity index (χ4n) is 1.06. The van der Waals surface area contributed by atoms with Gasteiger partial charge in [-0.15, -0.1) is 0 Å². The van der Waals surface area contributed by atoms with Gasteiger partial charge in [-0.1, -0.05) is 0 Å². The van der Waals surface area contributed by atoms with Crippen molar-refractivity contribution in [2.75, 3.05) is 20.1 Å². The number of carbonyl (C=O) groups is 2. The molecule has 0 saturated heterocycles. The van der Waals surface area contributed by atoms with E-state index in [2.05, 4.69) is 16.0 Å². The maximum Gasteiger partial charge on any atom is 0.315 e. The normalized spacial score (nSPS) is 13.9. The molecule has 4 N–H and O–H groups in total. The van der Waals surface area contributed by atoms with Gasteiger partial charge in [-0.05, 0) is 33.9 Å². The first kappa shape index (κ1) is 14.7. The van der Waals surface area contributed by atoms with Gasteiger partial charge in [0.2, 0.25) is 0 Å². The third-order valence-electron chi connectivity index (χ3n) is 2.39. The summed E-state index contributed by atoms with van der Waals surface area (Å²) in [6.07, 6.45) is 0.840. The minimum Gasteiger partial charge on any atom is -0.481 e. The van der Waals surface area contributed by atoms with Crippen molar-refractivity contribution in [3.05, 3.63) is 0 Å². The Hall–Kier alpha value is -1.30. The predicted molar refractivity (Wildman–Crippen MR) is 61.3 cm³/mol. The molecule has 6 heteroatoms. The van der Waals surface area contributed by atoms with E-state index in [0.29, 0.717) is 6.54 Å². The molecule has 0 aromatic carbocycles. The summed E-state index contributed by atoms with van der Waals surface area (Å²) < 4.78 is 0. The van der Waals surface area contributed by atoms with Gasteiger partial charge in [0.1, 0.15) is 0 Å². The third kappa shape index (κ3) is 6.23. The molecule has 2 unspecified atom stereocenters. The quantitative estimate of drug-likeness (QED) is 0.464. The Balaban J connectivity index is 3.74. The van der Waals surface area contributed by atoms with Crippen LogP contribution in [-0.4, -0.2) is 43.3 Å². The highest BCUT2D eigenvalue weighted by atomic mass is 16.4. The van der Waals surface area contributed by atoms with Crippen LogP contribution in [0.15, 0.2) is 0 Å². The second-order valence-electron chi connectivity index (χ2n) is 3.77. The Bertz CT molecular complexity index is 233. The summed E-state index contributed by atoms with van der Waals surface area (Å²) in [6.45, 7) is 4.64. The Morgan fingerprint density at radius 3 is 2.38 bits per heavy atom. The predicted octanol–water partition coefficient (Wildman–Crippen LogP) is 0.00430. The second-order valence-corrected chi connectivity index (χ2v) is 3.77. The number of carboxylic acid groups (broad SMARTS) is 1. The molecule has 0 aliphatic rings. The molecule has 94 valence electrons. The number of nitrogens with one attached hydrogen (secondary N) is 3. The van der Waals surface area contributed by atoms with Crippen LogP contribution in [0.1, 0.15) is 20.3 Å². The van der Waals surface area contributed by atoms with Crippen LogP contribution in [-0.2, 0) is 4.79 Å². The number of hydrogen-bond acceptors (Lipinski definition) is 3. The zero-order valence-corrected chi connectivity index (χ0v) is 10.0. The van der Waals surface area contributed by atoms with Crippen LogP contribution in [0.25, 0.3) is 0 Å². The van der Waals surface area contributed by atoms with E-state index in [-0.39, 0.29) is 12.1 Å². The number of rotatable bonds is 7. The average Bonchev–Trinajstić information content (AvgIpc) is 2.23. The van der Waals surface area contributed by atoms with Crippen LogP contribution in [0, 0.1) is 5.92 Å². The van der Waals surface area contributed by atoms with Crippen molar-refractivity contribution in [1.82, 2.24) is 16.0 Å². The van der Waals surface area contributed by atoms with Gasteiger partial charge in [-0.25, -0.2) is 4.79 Å². The standard InChI is InChI=1S/C10H21N3O3/c1-7(9(14)15)8(2)13-10(16)12-6-4-5-11-3/h7-8,11H,4-6H2,1-3H3,(H,14,15)(H2,12,13,16). The van der Waals surface area contributed by atoms with Gasteiger partial charge < -0.3 is 21.1 Å². The monoisotopic (exact) mass is 231 g/mol. The summed E-state index contributed by atoms with van der Waals surface area (Å²) in [4.78, 5) is 21.9. The largest absolute Gasteiger partial charge is 0.481 e. The van der Waals surface area contributed by atoms with Crippen LogP contribution >= 0.6 is 0 Å². The minimum atomic E-state index is -0.914. The summed E-state index contributed by atoms with van der Waals surface area (Å²) in [5, 5.41) is 16.9. The van der Waals surface area contributed by atoms with Gasteiger partial charge in [0.05, 0.1) is 5.92 Å². The molecule has 0 saturated carbocycles. The maximum atomic E-state index is 11.3. The van der Waals surface area contributed by atoms with Crippen LogP contribution in [0.3, 0.4) is 0 Å². The number of carboxylic acids is 1. The summed E-state index contributed by atoms with van der Waals surface area (Å²) >= 11 is 0. The van der Waals surface area contributed by atoms with E-state index >= 15 is 0 Å². The van der Waals surface area contributed by atoms with E-state index in [1.165, 1.54) is 0 Å². The Morgan fingerprint density at radius 1 is 1.25 bits per heavy atom. The molecule has 16 heavy (non-hydrogen) atoms. The Kier molecular flexibility index (Phi) is 7.28. The lowest BCUT2D eigenvalue weighted by molar-refractivity contribution is -0.141. The van der Waals surface area contributed by atoms with Gasteiger partial charge >= 0.3 is 12.0 Å². The molecular weight excluding hydrogens is 210 g/mol.